The first-order valence-corrected chi connectivity index (χ1v) is 15.2. The number of methoxy groups -OCH3 is 1. The molecule has 2 aromatic rings. The van der Waals surface area contributed by atoms with Crippen LogP contribution in [0.1, 0.15) is 63.0 Å². The fourth-order valence-electron chi connectivity index (χ4n) is 4.83. The van der Waals surface area contributed by atoms with E-state index < -0.39 is 16.1 Å². The van der Waals surface area contributed by atoms with Gasteiger partial charge in [-0.2, -0.15) is 0 Å². The minimum atomic E-state index is -3.52. The topological polar surface area (TPSA) is 96.0 Å². The van der Waals surface area contributed by atoms with Crippen LogP contribution in [0.3, 0.4) is 0 Å². The Balaban J connectivity index is 1.72. The average Bonchev–Trinajstić information content (AvgIpc) is 2.90. The van der Waals surface area contributed by atoms with Gasteiger partial charge in [0.1, 0.15) is 11.8 Å². The summed E-state index contributed by atoms with van der Waals surface area (Å²) in [6, 6.07) is 14.2. The Labute approximate surface area is 227 Å². The molecule has 1 aliphatic carbocycles. The molecule has 8 nitrogen and oxygen atoms in total. The van der Waals surface area contributed by atoms with Crippen LogP contribution in [0.15, 0.2) is 48.5 Å². The Morgan fingerprint density at radius 3 is 2.39 bits per heavy atom. The molecule has 0 bridgehead atoms. The molecule has 0 heterocycles. The number of nitrogens with zero attached hydrogens (tertiary/aromatic N) is 2. The molecule has 1 atom stereocenters. The Kier molecular flexibility index (Phi) is 10.6. The second-order valence-electron chi connectivity index (χ2n) is 10.2. The van der Waals surface area contributed by atoms with Crippen LogP contribution in [-0.4, -0.2) is 57.1 Å². The van der Waals surface area contributed by atoms with Crippen molar-refractivity contribution in [1.82, 2.24) is 10.2 Å². The Morgan fingerprint density at radius 1 is 1.08 bits per heavy atom. The zero-order valence-corrected chi connectivity index (χ0v) is 23.8. The lowest BCUT2D eigenvalue weighted by atomic mass is 9.95. The van der Waals surface area contributed by atoms with E-state index in [0.29, 0.717) is 17.9 Å². The number of benzene rings is 2. The summed E-state index contributed by atoms with van der Waals surface area (Å²) < 4.78 is 31.6. The molecule has 38 heavy (non-hydrogen) atoms. The summed E-state index contributed by atoms with van der Waals surface area (Å²) in [7, 11) is -1.93. The van der Waals surface area contributed by atoms with Crippen molar-refractivity contribution >= 4 is 27.5 Å². The summed E-state index contributed by atoms with van der Waals surface area (Å²) in [4.78, 5) is 28.3. The molecule has 0 aromatic heterocycles. The highest BCUT2D eigenvalue weighted by Crippen LogP contribution is 2.22. The maximum Gasteiger partial charge on any atom is 0.242 e. The molecule has 2 aromatic carbocycles. The van der Waals surface area contributed by atoms with Crippen molar-refractivity contribution in [1.29, 1.82) is 0 Å². The van der Waals surface area contributed by atoms with Gasteiger partial charge in [-0.15, -0.1) is 0 Å². The van der Waals surface area contributed by atoms with Crippen LogP contribution in [-0.2, 0) is 26.2 Å². The molecule has 208 valence electrons. The van der Waals surface area contributed by atoms with E-state index in [1.54, 1.807) is 31.1 Å². The monoisotopic (exact) mass is 543 g/mol. The maximum atomic E-state index is 13.5. The van der Waals surface area contributed by atoms with Crippen molar-refractivity contribution in [2.24, 2.45) is 0 Å². The highest BCUT2D eigenvalue weighted by Gasteiger charge is 2.28. The first kappa shape index (κ1) is 29.5. The molecule has 1 N–H and O–H groups in total. The van der Waals surface area contributed by atoms with Crippen LogP contribution in [0.5, 0.6) is 5.75 Å². The van der Waals surface area contributed by atoms with Crippen LogP contribution >= 0.6 is 0 Å². The molecule has 0 unspecified atom stereocenters. The van der Waals surface area contributed by atoms with Gasteiger partial charge in [-0.05, 0) is 62.9 Å². The average molecular weight is 544 g/mol. The fourth-order valence-corrected chi connectivity index (χ4v) is 5.80. The summed E-state index contributed by atoms with van der Waals surface area (Å²) in [5.74, 6) is 0.318. The van der Waals surface area contributed by atoms with Crippen molar-refractivity contribution in [3.63, 3.8) is 0 Å². The molecular weight excluding hydrogens is 502 g/mol. The van der Waals surface area contributed by atoms with E-state index in [1.165, 1.54) is 17.0 Å². The SMILES string of the molecule is COc1cccc(CN(C(=O)CCCN(c2ccc(C)cc2)S(C)(=O)=O)[C@@H](C)C(=O)NC2CCCCC2)c1. The number of rotatable bonds is 12. The molecule has 1 fully saturated rings. The third kappa shape index (κ3) is 8.48. The second-order valence-corrected chi connectivity index (χ2v) is 12.1. The van der Waals surface area contributed by atoms with Crippen molar-refractivity contribution in [2.45, 2.75) is 77.4 Å². The molecule has 0 radical (unpaired) electrons. The number of hydrogen-bond donors (Lipinski definition) is 1. The predicted molar refractivity (Wildman–Crippen MR) is 151 cm³/mol. The number of nitrogens with one attached hydrogen (secondary N) is 1. The fraction of sp³-hybridized carbons (Fsp3) is 0.517. The lowest BCUT2D eigenvalue weighted by molar-refractivity contribution is -0.141. The number of anilines is 1. The molecule has 0 aliphatic heterocycles. The first-order chi connectivity index (χ1) is 18.1. The lowest BCUT2D eigenvalue weighted by Crippen LogP contribution is -2.50. The summed E-state index contributed by atoms with van der Waals surface area (Å²) in [5, 5.41) is 3.14. The number of aryl methyl sites for hydroxylation is 1. The van der Waals surface area contributed by atoms with Crippen LogP contribution in [0.25, 0.3) is 0 Å². The van der Waals surface area contributed by atoms with Crippen LogP contribution < -0.4 is 14.4 Å². The van der Waals surface area contributed by atoms with Gasteiger partial charge in [-0.3, -0.25) is 13.9 Å². The zero-order chi connectivity index (χ0) is 27.7. The van der Waals surface area contributed by atoms with Gasteiger partial charge in [-0.1, -0.05) is 49.1 Å². The van der Waals surface area contributed by atoms with Crippen molar-refractivity contribution in [2.75, 3.05) is 24.2 Å². The molecule has 9 heteroatoms. The number of sulfonamides is 1. The molecule has 1 aliphatic rings. The minimum Gasteiger partial charge on any atom is -0.497 e. The molecule has 3 rings (SSSR count). The lowest BCUT2D eigenvalue weighted by Gasteiger charge is -2.31. The normalized spacial score (nSPS) is 14.9. The maximum absolute atomic E-state index is 13.5. The summed E-state index contributed by atoms with van der Waals surface area (Å²) >= 11 is 0. The van der Waals surface area contributed by atoms with Crippen molar-refractivity contribution < 1.29 is 22.7 Å². The van der Waals surface area contributed by atoms with Gasteiger partial charge in [0, 0.05) is 25.6 Å². The Hall–Kier alpha value is -3.07. The highest BCUT2D eigenvalue weighted by molar-refractivity contribution is 7.92. The van der Waals surface area contributed by atoms with Crippen LogP contribution in [0.4, 0.5) is 5.69 Å². The number of hydrogen-bond acceptors (Lipinski definition) is 5. The van der Waals surface area contributed by atoms with E-state index in [1.807, 2.05) is 43.3 Å². The van der Waals surface area contributed by atoms with Crippen LogP contribution in [0, 0.1) is 6.92 Å². The zero-order valence-electron chi connectivity index (χ0n) is 23.0. The predicted octanol–water partition coefficient (Wildman–Crippen LogP) is 4.42. The summed E-state index contributed by atoms with van der Waals surface area (Å²) in [5.41, 5.74) is 2.46. The highest BCUT2D eigenvalue weighted by atomic mass is 32.2. The van der Waals surface area contributed by atoms with Gasteiger partial charge in [0.25, 0.3) is 0 Å². The molecule has 1 saturated carbocycles. The quantitative estimate of drug-likeness (QED) is 0.428. The standard InChI is InChI=1S/C29H41N3O5S/c1-22-15-17-26(18-16-22)32(38(4,35)36)19-9-14-28(33)31(21-24-10-8-13-27(20-24)37-3)23(2)29(34)30-25-11-6-5-7-12-25/h8,10,13,15-18,20,23,25H,5-7,9,11-12,14,19,21H2,1-4H3,(H,30,34)/t23-/m0/s1. The minimum absolute atomic E-state index is 0.114. The Bertz CT molecular complexity index is 1180. The first-order valence-electron chi connectivity index (χ1n) is 13.4. The van der Waals surface area contributed by atoms with Crippen molar-refractivity contribution in [3.8, 4) is 5.75 Å². The smallest absolute Gasteiger partial charge is 0.242 e. The molecular formula is C29H41N3O5S. The number of amides is 2. The van der Waals surface area contributed by atoms with Gasteiger partial charge in [0.15, 0.2) is 0 Å². The van der Waals surface area contributed by atoms with E-state index in [-0.39, 0.29) is 37.4 Å². The van der Waals surface area contributed by atoms with E-state index in [2.05, 4.69) is 5.32 Å². The number of carbonyl (C=O) groups is 2. The van der Waals surface area contributed by atoms with Gasteiger partial charge < -0.3 is 15.0 Å². The Morgan fingerprint density at radius 2 is 1.76 bits per heavy atom. The molecule has 0 spiro atoms. The van der Waals surface area contributed by atoms with Crippen molar-refractivity contribution in [3.05, 3.63) is 59.7 Å². The van der Waals surface area contributed by atoms with Crippen LogP contribution in [0.2, 0.25) is 0 Å². The van der Waals surface area contributed by atoms with Gasteiger partial charge >= 0.3 is 0 Å². The number of ether oxygens (including phenoxy) is 1. The summed E-state index contributed by atoms with van der Waals surface area (Å²) in [6.45, 7) is 4.12. The molecule has 0 saturated heterocycles. The van der Waals surface area contributed by atoms with E-state index in [0.717, 1.165) is 36.8 Å². The molecule has 2 amide bonds. The largest absolute Gasteiger partial charge is 0.497 e. The van der Waals surface area contributed by atoms with Gasteiger partial charge in [-0.25, -0.2) is 8.42 Å². The third-order valence-corrected chi connectivity index (χ3v) is 8.27. The van der Waals surface area contributed by atoms with E-state index in [4.69, 9.17) is 4.74 Å². The second kappa shape index (κ2) is 13.6. The third-order valence-electron chi connectivity index (χ3n) is 7.08. The van der Waals surface area contributed by atoms with E-state index >= 15 is 0 Å². The summed E-state index contributed by atoms with van der Waals surface area (Å²) in [6.07, 6.45) is 6.92. The number of carbonyl (C=O) groups excluding carboxylic acids is 2. The van der Waals surface area contributed by atoms with Gasteiger partial charge in [0.2, 0.25) is 21.8 Å². The van der Waals surface area contributed by atoms with Gasteiger partial charge in [0.05, 0.1) is 19.1 Å². The van der Waals surface area contributed by atoms with E-state index in [9.17, 15) is 18.0 Å².